The maximum Gasteiger partial charge on any atom is 0.309 e. The third-order valence-corrected chi connectivity index (χ3v) is 6.18. The second-order valence-corrected chi connectivity index (χ2v) is 10.7. The van der Waals surface area contributed by atoms with Gasteiger partial charge in [0.05, 0.1) is 17.9 Å². The van der Waals surface area contributed by atoms with Crippen molar-refractivity contribution in [2.45, 2.75) is 85.2 Å². The lowest BCUT2D eigenvalue weighted by Crippen LogP contribution is -2.50. The molecule has 1 aliphatic rings. The molecule has 192 valence electrons. The highest BCUT2D eigenvalue weighted by Crippen LogP contribution is 2.24. The summed E-state index contributed by atoms with van der Waals surface area (Å²) in [7, 11) is 0. The highest BCUT2D eigenvalue weighted by Gasteiger charge is 2.32. The zero-order valence-corrected chi connectivity index (χ0v) is 21.4. The van der Waals surface area contributed by atoms with E-state index >= 15 is 0 Å². The Morgan fingerprint density at radius 3 is 2.50 bits per heavy atom. The minimum atomic E-state index is -0.468. The first-order chi connectivity index (χ1) is 16.1. The van der Waals surface area contributed by atoms with Crippen molar-refractivity contribution in [1.82, 2.24) is 10.6 Å². The molecule has 2 N–H and O–H groups in total. The minimum Gasteiger partial charge on any atom is -0.463 e. The number of carbonyl (C=O) groups excluding carboxylic acids is 3. The van der Waals surface area contributed by atoms with Crippen LogP contribution in [-0.4, -0.2) is 36.5 Å². The van der Waals surface area contributed by atoms with Crippen LogP contribution in [0.4, 0.5) is 0 Å². The van der Waals surface area contributed by atoms with E-state index in [0.29, 0.717) is 12.8 Å². The first-order valence-electron chi connectivity index (χ1n) is 12.5. The number of benzene rings is 1. The van der Waals surface area contributed by atoms with E-state index in [1.165, 1.54) is 0 Å². The van der Waals surface area contributed by atoms with Gasteiger partial charge >= 0.3 is 5.97 Å². The summed E-state index contributed by atoms with van der Waals surface area (Å²) in [5.41, 5.74) is 0.798. The molecule has 0 unspecified atom stereocenters. The van der Waals surface area contributed by atoms with E-state index in [9.17, 15) is 14.4 Å². The van der Waals surface area contributed by atoms with E-state index in [0.717, 1.165) is 24.8 Å². The van der Waals surface area contributed by atoms with Crippen LogP contribution in [0.2, 0.25) is 0 Å². The molecule has 0 aromatic heterocycles. The molecule has 1 heterocycles. The molecule has 0 saturated carbocycles. The summed E-state index contributed by atoms with van der Waals surface area (Å²) in [4.78, 5) is 38.6. The topological polar surface area (TPSA) is 84.5 Å². The number of nitrogens with one attached hydrogen (secondary N) is 2. The van der Waals surface area contributed by atoms with Gasteiger partial charge in [-0.2, -0.15) is 0 Å². The largest absolute Gasteiger partial charge is 0.463 e. The maximum absolute atomic E-state index is 13.2. The number of allylic oxidation sites excluding steroid dienone is 2. The average molecular weight is 475 g/mol. The van der Waals surface area contributed by atoms with Crippen molar-refractivity contribution in [3.63, 3.8) is 0 Å². The van der Waals surface area contributed by atoms with Gasteiger partial charge in [0, 0.05) is 15.3 Å². The third-order valence-electron chi connectivity index (χ3n) is 6.18. The normalized spacial score (nSPS) is 24.0. The summed E-state index contributed by atoms with van der Waals surface area (Å²) in [5.74, 6) is -1.22. The van der Waals surface area contributed by atoms with Gasteiger partial charge in [0.15, 0.2) is 0 Å². The molecule has 1 aromatic rings. The van der Waals surface area contributed by atoms with E-state index in [2.05, 4.69) is 16.7 Å². The lowest BCUT2D eigenvalue weighted by molar-refractivity contribution is -0.151. The van der Waals surface area contributed by atoms with Crippen LogP contribution in [0.3, 0.4) is 0 Å². The Morgan fingerprint density at radius 2 is 1.85 bits per heavy atom. The van der Waals surface area contributed by atoms with Crippen LogP contribution in [-0.2, 0) is 25.5 Å². The predicted octanol–water partition coefficient (Wildman–Crippen LogP) is 5.07. The Hall–Kier alpha value is -2.63. The van der Waals surface area contributed by atoms with Crippen molar-refractivity contribution in [1.29, 1.82) is 0 Å². The van der Waals surface area contributed by atoms with E-state index in [4.69, 9.17) is 4.74 Å². The molecule has 1 aliphatic heterocycles. The second-order valence-electron chi connectivity index (χ2n) is 10.7. The fraction of sp³-hybridized carbons (Fsp3) is 0.607. The summed E-state index contributed by atoms with van der Waals surface area (Å²) in [5, 5.41) is 5.95. The number of cyclic esters (lactones) is 1. The van der Waals surface area contributed by atoms with Crippen molar-refractivity contribution >= 4 is 17.8 Å². The standard InChI is InChI=1S/C28H42N2O4.2H2/c1-20(2)29-25(31)18-22-15-11-6-7-12-16-23(17-21-13-9-8-10-14-21)27(33)34-19-24(28(3,4)5)30-26(22)32;;/h6,8-11,13-14,20,22-24H,7,12,15-19H2,1-5H3,(H,29,31)(H,30,32);2*1H/b11-6-;;/t22-,23-,24-;;/m1../s1. The van der Waals surface area contributed by atoms with Crippen LogP contribution in [0.15, 0.2) is 42.5 Å². The third kappa shape index (κ3) is 9.70. The molecule has 0 bridgehead atoms. The highest BCUT2D eigenvalue weighted by molar-refractivity contribution is 5.86. The van der Waals surface area contributed by atoms with Crippen LogP contribution in [0, 0.1) is 17.3 Å². The quantitative estimate of drug-likeness (QED) is 0.461. The number of rotatable bonds is 5. The Labute approximate surface area is 207 Å². The number of esters is 1. The predicted molar refractivity (Wildman–Crippen MR) is 139 cm³/mol. The highest BCUT2D eigenvalue weighted by atomic mass is 16.5. The van der Waals surface area contributed by atoms with E-state index in [1.807, 2.05) is 71.0 Å². The van der Waals surface area contributed by atoms with Crippen LogP contribution in [0.25, 0.3) is 0 Å². The van der Waals surface area contributed by atoms with Gasteiger partial charge in [0.2, 0.25) is 11.8 Å². The fourth-order valence-corrected chi connectivity index (χ4v) is 4.03. The van der Waals surface area contributed by atoms with Gasteiger partial charge < -0.3 is 15.4 Å². The van der Waals surface area contributed by atoms with Gasteiger partial charge in [-0.3, -0.25) is 14.4 Å². The number of amides is 2. The fourth-order valence-electron chi connectivity index (χ4n) is 4.03. The first kappa shape index (κ1) is 27.6. The SMILES string of the molecule is CC(C)NC(=O)C[C@H]1C/C=C\CCC[C@H](Cc2ccccc2)C(=O)OC[C@H](C(C)(C)C)NC1=O.[HH].[HH]. The second kappa shape index (κ2) is 13.3. The molecular formula is C28H46N2O4. The molecule has 2 rings (SSSR count). The van der Waals surface area contributed by atoms with Gasteiger partial charge in [-0.05, 0) is 56.9 Å². The Balaban J connectivity index is 0.00000612. The number of hydrogen-bond acceptors (Lipinski definition) is 4. The van der Waals surface area contributed by atoms with Gasteiger partial charge in [-0.15, -0.1) is 0 Å². The molecular weight excluding hydrogens is 428 g/mol. The van der Waals surface area contributed by atoms with E-state index in [-0.39, 0.29) is 57.1 Å². The molecule has 6 nitrogen and oxygen atoms in total. The molecule has 2 amide bonds. The Bertz CT molecular complexity index is 838. The Kier molecular flexibility index (Phi) is 10.8. The summed E-state index contributed by atoms with van der Waals surface area (Å²) in [6.45, 7) is 9.95. The van der Waals surface area contributed by atoms with Gasteiger partial charge in [0.25, 0.3) is 0 Å². The van der Waals surface area contributed by atoms with Gasteiger partial charge in [0.1, 0.15) is 6.61 Å². The minimum absolute atomic E-state index is 0. The molecule has 6 heteroatoms. The molecule has 1 aromatic carbocycles. The molecule has 34 heavy (non-hydrogen) atoms. The van der Waals surface area contributed by atoms with Crippen molar-refractivity contribution in [2.75, 3.05) is 6.61 Å². The molecule has 0 saturated heterocycles. The van der Waals surface area contributed by atoms with Crippen molar-refractivity contribution in [3.05, 3.63) is 48.0 Å². The van der Waals surface area contributed by atoms with Crippen molar-refractivity contribution < 1.29 is 22.0 Å². The monoisotopic (exact) mass is 474 g/mol. The lowest BCUT2D eigenvalue weighted by Gasteiger charge is -2.33. The van der Waals surface area contributed by atoms with Crippen LogP contribution >= 0.6 is 0 Å². The van der Waals surface area contributed by atoms with Crippen LogP contribution < -0.4 is 10.6 Å². The van der Waals surface area contributed by atoms with Gasteiger partial charge in [-0.1, -0.05) is 63.3 Å². The Morgan fingerprint density at radius 1 is 1.15 bits per heavy atom. The lowest BCUT2D eigenvalue weighted by atomic mass is 9.86. The number of ether oxygens (including phenoxy) is 1. The summed E-state index contributed by atoms with van der Waals surface area (Å²) in [6, 6.07) is 9.67. The molecule has 0 spiro atoms. The van der Waals surface area contributed by atoms with Crippen molar-refractivity contribution in [3.8, 4) is 0 Å². The van der Waals surface area contributed by atoms with E-state index in [1.54, 1.807) is 0 Å². The zero-order valence-electron chi connectivity index (χ0n) is 21.4. The number of hydrogen-bond donors (Lipinski definition) is 2. The average Bonchev–Trinajstić information content (AvgIpc) is 2.75. The van der Waals surface area contributed by atoms with E-state index < -0.39 is 5.92 Å². The molecule has 0 radical (unpaired) electrons. The van der Waals surface area contributed by atoms with Crippen LogP contribution in [0.1, 0.15) is 75.1 Å². The summed E-state index contributed by atoms with van der Waals surface area (Å²) >= 11 is 0. The zero-order chi connectivity index (χ0) is 25.1. The van der Waals surface area contributed by atoms with Crippen molar-refractivity contribution in [2.24, 2.45) is 17.3 Å². The van der Waals surface area contributed by atoms with Crippen LogP contribution in [0.5, 0.6) is 0 Å². The summed E-state index contributed by atoms with van der Waals surface area (Å²) < 4.78 is 5.78. The molecule has 0 fully saturated rings. The molecule has 3 atom stereocenters. The maximum atomic E-state index is 13.2. The number of carbonyl (C=O) groups is 3. The first-order valence-corrected chi connectivity index (χ1v) is 12.5. The molecule has 0 aliphatic carbocycles. The smallest absolute Gasteiger partial charge is 0.309 e. The van der Waals surface area contributed by atoms with Gasteiger partial charge in [-0.25, -0.2) is 0 Å². The summed E-state index contributed by atoms with van der Waals surface area (Å²) in [6.07, 6.45) is 7.74.